The maximum Gasteiger partial charge on any atom is 0.268 e. The van der Waals surface area contributed by atoms with E-state index >= 15 is 4.39 Å². The molecule has 0 spiro atoms. The van der Waals surface area contributed by atoms with E-state index in [0.29, 0.717) is 19.0 Å². The quantitative estimate of drug-likeness (QED) is 0.508. The molecule has 2 aliphatic rings. The van der Waals surface area contributed by atoms with E-state index in [9.17, 15) is 17.2 Å². The van der Waals surface area contributed by atoms with Crippen molar-refractivity contribution in [1.82, 2.24) is 9.88 Å². The molecular weight excluding hydrogens is 453 g/mol. The molecule has 1 aromatic heterocycles. The molecule has 1 N–H and O–H groups in total. The fourth-order valence-electron chi connectivity index (χ4n) is 4.40. The number of rotatable bonds is 6. The summed E-state index contributed by atoms with van der Waals surface area (Å²) in [5, 5.41) is -0.473. The number of benzene rings is 1. The second-order valence-corrected chi connectivity index (χ2v) is 10.2. The average Bonchev–Trinajstić information content (AvgIpc) is 3.43. The molecule has 31 heavy (non-hydrogen) atoms. The van der Waals surface area contributed by atoms with Gasteiger partial charge in [-0.2, -0.15) is 4.39 Å². The molecule has 2 aromatic rings. The van der Waals surface area contributed by atoms with Crippen LogP contribution in [0.15, 0.2) is 29.2 Å². The van der Waals surface area contributed by atoms with Gasteiger partial charge in [0.05, 0.1) is 5.69 Å². The molecular formula is C20H22ClF3N4O2S. The van der Waals surface area contributed by atoms with E-state index in [1.807, 2.05) is 18.8 Å². The van der Waals surface area contributed by atoms with E-state index in [1.54, 1.807) is 4.90 Å². The van der Waals surface area contributed by atoms with Gasteiger partial charge in [0.2, 0.25) is 5.95 Å². The van der Waals surface area contributed by atoms with E-state index in [2.05, 4.69) is 9.88 Å². The number of hydrogen-bond donors (Lipinski definition) is 1. The maximum absolute atomic E-state index is 15.1. The lowest BCUT2D eigenvalue weighted by atomic mass is 9.91. The second-order valence-electron chi connectivity index (χ2n) is 8.23. The smallest absolute Gasteiger partial charge is 0.268 e. The topological polar surface area (TPSA) is 65.5 Å². The van der Waals surface area contributed by atoms with Crippen molar-refractivity contribution in [2.45, 2.75) is 29.7 Å². The van der Waals surface area contributed by atoms with Crippen LogP contribution in [0, 0.1) is 23.5 Å². The molecule has 0 bridgehead atoms. The van der Waals surface area contributed by atoms with Gasteiger partial charge in [0, 0.05) is 24.7 Å². The van der Waals surface area contributed by atoms with Gasteiger partial charge < -0.3 is 9.80 Å². The Morgan fingerprint density at radius 1 is 1.26 bits per heavy atom. The van der Waals surface area contributed by atoms with Gasteiger partial charge in [-0.25, -0.2) is 22.2 Å². The summed E-state index contributed by atoms with van der Waals surface area (Å²) in [5.41, 5.74) is 0.00918. The highest BCUT2D eigenvalue weighted by atomic mass is 35.5. The molecule has 1 aliphatic heterocycles. The van der Waals surface area contributed by atoms with E-state index in [0.717, 1.165) is 37.5 Å². The third-order valence-electron chi connectivity index (χ3n) is 6.17. The third kappa shape index (κ3) is 3.96. The van der Waals surface area contributed by atoms with Crippen LogP contribution in [0.25, 0.3) is 0 Å². The molecule has 2 heterocycles. The molecule has 4 rings (SSSR count). The van der Waals surface area contributed by atoms with Gasteiger partial charge >= 0.3 is 0 Å². The highest BCUT2D eigenvalue weighted by Crippen LogP contribution is 2.49. The second kappa shape index (κ2) is 7.83. The first kappa shape index (κ1) is 22.2. The predicted molar refractivity (Wildman–Crippen MR) is 112 cm³/mol. The minimum atomic E-state index is -4.73. The molecule has 1 unspecified atom stereocenters. The summed E-state index contributed by atoms with van der Waals surface area (Å²) in [6.45, 7) is 1.09. The van der Waals surface area contributed by atoms with Crippen molar-refractivity contribution in [2.24, 2.45) is 5.92 Å². The first-order valence-electron chi connectivity index (χ1n) is 9.80. The largest absolute Gasteiger partial charge is 0.368 e. The number of aromatic nitrogens is 1. The summed E-state index contributed by atoms with van der Waals surface area (Å²) in [6.07, 6.45) is 3.04. The third-order valence-corrected chi connectivity index (χ3v) is 7.92. The summed E-state index contributed by atoms with van der Waals surface area (Å²) in [7, 11) is -0.749. The number of nitrogens with zero attached hydrogens (tertiary/aromatic N) is 3. The standard InChI is InChI=1S/C20H22ClF3N4O2S/c1-27(2)20(12-6-7-12)8-9-28(11-20)14-10-13(22)19(18(24)17(14)21)31(29,30)26-16-5-3-4-15(23)25-16/h3-5,10,12H,6-9,11H2,1-2H3,(H,25,26). The molecule has 6 nitrogen and oxygen atoms in total. The van der Waals surface area contributed by atoms with Gasteiger partial charge in [0.15, 0.2) is 10.7 Å². The van der Waals surface area contributed by atoms with Crippen molar-refractivity contribution in [3.63, 3.8) is 0 Å². The van der Waals surface area contributed by atoms with Crippen LogP contribution in [0.3, 0.4) is 0 Å². The van der Waals surface area contributed by atoms with Gasteiger partial charge in [-0.3, -0.25) is 4.72 Å². The summed E-state index contributed by atoms with van der Waals surface area (Å²) >= 11 is 6.19. The van der Waals surface area contributed by atoms with Gasteiger partial charge in [-0.15, -0.1) is 0 Å². The Morgan fingerprint density at radius 2 is 1.97 bits per heavy atom. The summed E-state index contributed by atoms with van der Waals surface area (Å²) in [6, 6.07) is 4.33. The first-order chi connectivity index (χ1) is 14.5. The van der Waals surface area contributed by atoms with Gasteiger partial charge in [0.1, 0.15) is 16.7 Å². The molecule has 0 radical (unpaired) electrons. The number of anilines is 2. The van der Waals surface area contributed by atoms with Crippen molar-refractivity contribution in [3.8, 4) is 0 Å². The monoisotopic (exact) mass is 474 g/mol. The minimum absolute atomic E-state index is 0.106. The molecule has 1 saturated heterocycles. The Bertz CT molecular complexity index is 1120. The number of sulfonamides is 1. The normalized spacial score (nSPS) is 21.7. The van der Waals surface area contributed by atoms with Crippen LogP contribution in [-0.2, 0) is 10.0 Å². The molecule has 1 saturated carbocycles. The number of likely N-dealkylation sites (N-methyl/N-ethyl adjacent to an activating group) is 1. The lowest BCUT2D eigenvalue weighted by Crippen LogP contribution is -2.48. The maximum atomic E-state index is 15.1. The highest BCUT2D eigenvalue weighted by Gasteiger charge is 2.51. The molecule has 11 heteroatoms. The zero-order valence-electron chi connectivity index (χ0n) is 17.0. The van der Waals surface area contributed by atoms with Crippen LogP contribution in [0.4, 0.5) is 24.7 Å². The number of hydrogen-bond acceptors (Lipinski definition) is 5. The SMILES string of the molecule is CN(C)C1(C2CC2)CCN(c2cc(F)c(S(=O)(=O)Nc3cccc(F)n3)c(F)c2Cl)C1. The van der Waals surface area contributed by atoms with Crippen molar-refractivity contribution in [3.05, 3.63) is 46.9 Å². The zero-order chi connectivity index (χ0) is 22.6. The lowest BCUT2D eigenvalue weighted by molar-refractivity contribution is 0.147. The predicted octanol–water partition coefficient (Wildman–Crippen LogP) is 3.87. The van der Waals surface area contributed by atoms with E-state index in [4.69, 9.17) is 11.6 Å². The van der Waals surface area contributed by atoms with Crippen LogP contribution >= 0.6 is 11.6 Å². The van der Waals surface area contributed by atoms with E-state index < -0.39 is 43.3 Å². The average molecular weight is 475 g/mol. The fraction of sp³-hybridized carbons (Fsp3) is 0.450. The van der Waals surface area contributed by atoms with Gasteiger partial charge in [0.25, 0.3) is 10.0 Å². The minimum Gasteiger partial charge on any atom is -0.368 e. The van der Waals surface area contributed by atoms with Crippen LogP contribution in [-0.4, -0.2) is 51.0 Å². The Balaban J connectivity index is 1.67. The lowest BCUT2D eigenvalue weighted by Gasteiger charge is -2.37. The molecule has 1 atom stereocenters. The fourth-order valence-corrected chi connectivity index (χ4v) is 5.87. The highest BCUT2D eigenvalue weighted by molar-refractivity contribution is 7.92. The number of pyridine rings is 1. The summed E-state index contributed by atoms with van der Waals surface area (Å²) in [5.74, 6) is -3.50. The van der Waals surface area contributed by atoms with Crippen LogP contribution < -0.4 is 9.62 Å². The zero-order valence-corrected chi connectivity index (χ0v) is 18.6. The van der Waals surface area contributed by atoms with Crippen LogP contribution in [0.1, 0.15) is 19.3 Å². The molecule has 1 aromatic carbocycles. The Labute approximate surface area is 184 Å². The van der Waals surface area contributed by atoms with Crippen molar-refractivity contribution >= 4 is 33.1 Å². The Kier molecular flexibility index (Phi) is 5.60. The van der Waals surface area contributed by atoms with Gasteiger partial charge in [-0.05, 0) is 51.4 Å². The van der Waals surface area contributed by atoms with Crippen LogP contribution in [0.5, 0.6) is 0 Å². The summed E-state index contributed by atoms with van der Waals surface area (Å²) < 4.78 is 70.3. The molecule has 1 aliphatic carbocycles. The van der Waals surface area contributed by atoms with E-state index in [-0.39, 0.29) is 11.2 Å². The summed E-state index contributed by atoms with van der Waals surface area (Å²) in [4.78, 5) is 6.07. The van der Waals surface area contributed by atoms with Crippen molar-refractivity contribution in [1.29, 1.82) is 0 Å². The molecule has 0 amide bonds. The number of nitrogens with one attached hydrogen (secondary N) is 1. The Hall–Kier alpha value is -2.04. The Morgan fingerprint density at radius 3 is 2.58 bits per heavy atom. The first-order valence-corrected chi connectivity index (χ1v) is 11.7. The van der Waals surface area contributed by atoms with E-state index in [1.165, 1.54) is 6.07 Å². The molecule has 2 fully saturated rings. The van der Waals surface area contributed by atoms with Crippen molar-refractivity contribution in [2.75, 3.05) is 36.8 Å². The number of halogens is 4. The van der Waals surface area contributed by atoms with Crippen molar-refractivity contribution < 1.29 is 21.6 Å². The van der Waals surface area contributed by atoms with Gasteiger partial charge in [-0.1, -0.05) is 17.7 Å². The molecule has 168 valence electrons. The van der Waals surface area contributed by atoms with Crippen LogP contribution in [0.2, 0.25) is 5.02 Å².